The second-order valence-electron chi connectivity index (χ2n) is 8.57. The summed E-state index contributed by atoms with van der Waals surface area (Å²) in [6.07, 6.45) is 1.90. The largest absolute Gasteiger partial charge is 0.252 e. The van der Waals surface area contributed by atoms with Gasteiger partial charge in [-0.15, -0.1) is 11.8 Å². The molecule has 0 radical (unpaired) electrons. The fraction of sp³-hybridized carbons (Fsp3) is 0.185. The Bertz CT molecular complexity index is 1390. The van der Waals surface area contributed by atoms with E-state index in [2.05, 4.69) is 0 Å². The molecular weight excluding hydrogens is 460 g/mol. The van der Waals surface area contributed by atoms with Crippen molar-refractivity contribution in [2.45, 2.75) is 31.1 Å². The average Bonchev–Trinajstić information content (AvgIpc) is 2.78. The van der Waals surface area contributed by atoms with Crippen LogP contribution in [0.4, 0.5) is 17.6 Å². The lowest BCUT2D eigenvalue weighted by Crippen LogP contribution is -2.23. The molecule has 2 heterocycles. The molecule has 34 heavy (non-hydrogen) atoms. The Morgan fingerprint density at radius 1 is 0.676 bits per heavy atom. The highest BCUT2D eigenvalue weighted by atomic mass is 32.2. The maximum atomic E-state index is 14.5. The zero-order valence-corrected chi connectivity index (χ0v) is 19.9. The lowest BCUT2D eigenvalue weighted by atomic mass is 9.83. The number of benzene rings is 2. The minimum atomic E-state index is -0.742. The van der Waals surface area contributed by atoms with Crippen LogP contribution in [0.2, 0.25) is 0 Å². The molecule has 0 unspecified atom stereocenters. The van der Waals surface area contributed by atoms with Gasteiger partial charge < -0.3 is 0 Å². The van der Waals surface area contributed by atoms with Gasteiger partial charge in [-0.3, -0.25) is 9.97 Å². The van der Waals surface area contributed by atoms with Gasteiger partial charge in [-0.2, -0.15) is 0 Å². The Morgan fingerprint density at radius 3 is 1.68 bits per heavy atom. The SMILES string of the molecule is CSc1cc(-c2ccc(F)cc2F)nc(C(C)(C)c2cc(C)cc(-c3ccc(F)cc3F)n2)c1. The van der Waals surface area contributed by atoms with Gasteiger partial charge in [-0.25, -0.2) is 17.6 Å². The van der Waals surface area contributed by atoms with Gasteiger partial charge in [-0.1, -0.05) is 0 Å². The highest BCUT2D eigenvalue weighted by molar-refractivity contribution is 7.98. The number of hydrogen-bond acceptors (Lipinski definition) is 3. The van der Waals surface area contributed by atoms with Gasteiger partial charge in [0.25, 0.3) is 0 Å². The molecule has 0 N–H and O–H groups in total. The maximum Gasteiger partial charge on any atom is 0.135 e. The Kier molecular flexibility index (Phi) is 6.49. The van der Waals surface area contributed by atoms with Crippen LogP contribution in [0.25, 0.3) is 22.5 Å². The lowest BCUT2D eigenvalue weighted by Gasteiger charge is -2.26. The summed E-state index contributed by atoms with van der Waals surface area (Å²) in [5.74, 6) is -2.71. The Morgan fingerprint density at radius 2 is 1.18 bits per heavy atom. The van der Waals surface area contributed by atoms with Gasteiger partial charge in [0.2, 0.25) is 0 Å². The zero-order chi connectivity index (χ0) is 24.6. The van der Waals surface area contributed by atoms with E-state index in [4.69, 9.17) is 9.97 Å². The predicted molar refractivity (Wildman–Crippen MR) is 128 cm³/mol. The molecule has 7 heteroatoms. The number of nitrogens with zero attached hydrogens (tertiary/aromatic N) is 2. The molecule has 174 valence electrons. The second-order valence-corrected chi connectivity index (χ2v) is 9.45. The predicted octanol–water partition coefficient (Wildman–Crippen LogP) is 7.72. The number of aromatic nitrogens is 2. The molecule has 4 rings (SSSR count). The third kappa shape index (κ3) is 4.71. The summed E-state index contributed by atoms with van der Waals surface area (Å²) >= 11 is 1.48. The molecule has 0 aliphatic rings. The summed E-state index contributed by atoms with van der Waals surface area (Å²) in [4.78, 5) is 10.3. The van der Waals surface area contributed by atoms with Crippen molar-refractivity contribution in [1.29, 1.82) is 0 Å². The number of aryl methyl sites for hydroxylation is 1. The van der Waals surface area contributed by atoms with E-state index in [1.54, 1.807) is 12.1 Å². The number of halogens is 4. The molecule has 0 amide bonds. The van der Waals surface area contributed by atoms with Crippen LogP contribution in [0.5, 0.6) is 0 Å². The first kappa shape index (κ1) is 24.0. The van der Waals surface area contributed by atoms with Crippen molar-refractivity contribution in [3.63, 3.8) is 0 Å². The summed E-state index contributed by atoms with van der Waals surface area (Å²) in [5, 5.41) is 0. The van der Waals surface area contributed by atoms with E-state index in [1.165, 1.54) is 36.0 Å². The first-order chi connectivity index (χ1) is 16.1. The highest BCUT2D eigenvalue weighted by Crippen LogP contribution is 2.36. The van der Waals surface area contributed by atoms with Crippen molar-refractivity contribution in [3.8, 4) is 22.5 Å². The quantitative estimate of drug-likeness (QED) is 0.215. The highest BCUT2D eigenvalue weighted by Gasteiger charge is 2.29. The topological polar surface area (TPSA) is 25.8 Å². The number of pyridine rings is 2. The summed E-state index contributed by atoms with van der Waals surface area (Å²) in [7, 11) is 0. The average molecular weight is 483 g/mol. The monoisotopic (exact) mass is 482 g/mol. The van der Waals surface area contributed by atoms with Crippen LogP contribution >= 0.6 is 11.8 Å². The van der Waals surface area contributed by atoms with Crippen LogP contribution in [0.15, 0.2) is 65.6 Å². The zero-order valence-electron chi connectivity index (χ0n) is 19.1. The van der Waals surface area contributed by atoms with Crippen LogP contribution in [-0.4, -0.2) is 16.2 Å². The van der Waals surface area contributed by atoms with Crippen LogP contribution in [-0.2, 0) is 5.41 Å². The van der Waals surface area contributed by atoms with Gasteiger partial charge in [0.1, 0.15) is 23.3 Å². The van der Waals surface area contributed by atoms with Crippen molar-refractivity contribution in [2.24, 2.45) is 0 Å². The van der Waals surface area contributed by atoms with Crippen molar-refractivity contribution < 1.29 is 17.6 Å². The van der Waals surface area contributed by atoms with E-state index in [9.17, 15) is 17.6 Å². The minimum absolute atomic E-state index is 0.195. The van der Waals surface area contributed by atoms with E-state index < -0.39 is 28.7 Å². The standard InChI is InChI=1S/C27H22F4N2S/c1-15-9-23(19-7-5-16(28)11-21(19)30)32-25(10-15)27(2,3)26-14-18(34-4)13-24(33-26)20-8-6-17(29)12-22(20)31/h5-14H,1-4H3. The fourth-order valence-electron chi connectivity index (χ4n) is 3.73. The Hall–Kier alpha value is -3.19. The molecule has 2 aromatic heterocycles. The van der Waals surface area contributed by atoms with Crippen molar-refractivity contribution in [3.05, 3.63) is 101 Å². The molecule has 0 bridgehead atoms. The molecule has 0 saturated heterocycles. The molecule has 0 atom stereocenters. The van der Waals surface area contributed by atoms with Gasteiger partial charge in [-0.05, 0) is 81.1 Å². The third-order valence-electron chi connectivity index (χ3n) is 5.70. The molecule has 0 aliphatic heterocycles. The molecule has 2 aromatic carbocycles. The normalized spacial score (nSPS) is 11.6. The van der Waals surface area contributed by atoms with Crippen LogP contribution in [0.3, 0.4) is 0 Å². The Labute approximate surface area is 200 Å². The molecule has 0 aliphatic carbocycles. The first-order valence-electron chi connectivity index (χ1n) is 10.5. The molecule has 2 nitrogen and oxygen atoms in total. The van der Waals surface area contributed by atoms with Gasteiger partial charge in [0, 0.05) is 33.6 Å². The van der Waals surface area contributed by atoms with Crippen LogP contribution in [0.1, 0.15) is 30.8 Å². The summed E-state index contributed by atoms with van der Waals surface area (Å²) in [6.45, 7) is 5.73. The van der Waals surface area contributed by atoms with Crippen molar-refractivity contribution in [1.82, 2.24) is 9.97 Å². The van der Waals surface area contributed by atoms with Crippen LogP contribution in [0, 0.1) is 30.2 Å². The van der Waals surface area contributed by atoms with Crippen molar-refractivity contribution in [2.75, 3.05) is 6.26 Å². The summed E-state index contributed by atoms with van der Waals surface area (Å²) in [5.41, 5.74) is 2.51. The number of hydrogen-bond donors (Lipinski definition) is 0. The molecule has 0 fully saturated rings. The van der Waals surface area contributed by atoms with E-state index >= 15 is 0 Å². The van der Waals surface area contributed by atoms with Crippen molar-refractivity contribution >= 4 is 11.8 Å². The van der Waals surface area contributed by atoms with E-state index in [0.717, 1.165) is 22.6 Å². The molecular formula is C27H22F4N2S. The van der Waals surface area contributed by atoms with Gasteiger partial charge in [0.15, 0.2) is 0 Å². The molecule has 4 aromatic rings. The minimum Gasteiger partial charge on any atom is -0.252 e. The van der Waals surface area contributed by atoms with E-state index in [-0.39, 0.29) is 11.1 Å². The summed E-state index contributed by atoms with van der Waals surface area (Å²) < 4.78 is 55.8. The number of thioether (sulfide) groups is 1. The third-order valence-corrected chi connectivity index (χ3v) is 6.41. The Balaban J connectivity index is 1.85. The van der Waals surface area contributed by atoms with Gasteiger partial charge >= 0.3 is 0 Å². The van der Waals surface area contributed by atoms with E-state index in [0.29, 0.717) is 22.8 Å². The van der Waals surface area contributed by atoms with Gasteiger partial charge in [0.05, 0.1) is 22.8 Å². The second kappa shape index (κ2) is 9.22. The first-order valence-corrected chi connectivity index (χ1v) is 11.8. The summed E-state index contributed by atoms with van der Waals surface area (Å²) in [6, 6.07) is 14.1. The fourth-order valence-corrected chi connectivity index (χ4v) is 4.19. The molecule has 0 saturated carbocycles. The van der Waals surface area contributed by atoms with Crippen LogP contribution < -0.4 is 0 Å². The smallest absolute Gasteiger partial charge is 0.135 e. The maximum absolute atomic E-state index is 14.5. The number of rotatable bonds is 5. The molecule has 0 spiro atoms. The van der Waals surface area contributed by atoms with E-state index in [1.807, 2.05) is 39.2 Å². The lowest BCUT2D eigenvalue weighted by molar-refractivity contribution is 0.581.